The molecule has 0 aliphatic carbocycles. The lowest BCUT2D eigenvalue weighted by Crippen LogP contribution is -2.28. The Morgan fingerprint density at radius 1 is 1.27 bits per heavy atom. The van der Waals surface area contributed by atoms with Crippen LogP contribution in [0, 0.1) is 11.3 Å². The lowest BCUT2D eigenvalue weighted by atomic mass is 10.2. The van der Waals surface area contributed by atoms with Crippen LogP contribution in [-0.4, -0.2) is 50.6 Å². The number of rotatable bonds is 4. The molecule has 5 nitrogen and oxygen atoms in total. The van der Waals surface area contributed by atoms with E-state index in [2.05, 4.69) is 0 Å². The van der Waals surface area contributed by atoms with Gasteiger partial charge in [-0.15, -0.1) is 0 Å². The van der Waals surface area contributed by atoms with E-state index in [4.69, 9.17) is 10.00 Å². The lowest BCUT2D eigenvalue weighted by Gasteiger charge is -2.25. The molecule has 0 atom stereocenters. The Labute approximate surface area is 90.5 Å². The molecule has 0 N–H and O–H groups in total. The summed E-state index contributed by atoms with van der Waals surface area (Å²) in [6, 6.07) is 1.87. The van der Waals surface area contributed by atoms with Gasteiger partial charge in [0.15, 0.2) is 5.57 Å². The van der Waals surface area contributed by atoms with Gasteiger partial charge in [-0.1, -0.05) is 0 Å². The number of hydrogen-bond donors (Lipinski definition) is 0. The number of nitriles is 1. The van der Waals surface area contributed by atoms with Crippen molar-refractivity contribution in [2.24, 2.45) is 0 Å². The van der Waals surface area contributed by atoms with Crippen LogP contribution in [-0.2, 0) is 9.53 Å². The van der Waals surface area contributed by atoms with Gasteiger partial charge >= 0.3 is 5.97 Å². The van der Waals surface area contributed by atoms with Crippen molar-refractivity contribution < 1.29 is 9.53 Å². The van der Waals surface area contributed by atoms with E-state index in [0.29, 0.717) is 5.82 Å². The van der Waals surface area contributed by atoms with Crippen LogP contribution in [0.2, 0.25) is 0 Å². The van der Waals surface area contributed by atoms with Crippen LogP contribution in [0.1, 0.15) is 6.92 Å². The van der Waals surface area contributed by atoms with E-state index in [9.17, 15) is 4.79 Å². The normalized spacial score (nSPS) is 8.80. The summed E-state index contributed by atoms with van der Waals surface area (Å²) in [6.07, 6.45) is 0. The zero-order valence-electron chi connectivity index (χ0n) is 9.87. The predicted octanol–water partition coefficient (Wildman–Crippen LogP) is 0.408. The van der Waals surface area contributed by atoms with E-state index < -0.39 is 5.97 Å². The average Bonchev–Trinajstić information content (AvgIpc) is 2.12. The summed E-state index contributed by atoms with van der Waals surface area (Å²) in [6.45, 7) is 1.97. The van der Waals surface area contributed by atoms with Crippen molar-refractivity contribution in [1.29, 1.82) is 5.26 Å². The highest BCUT2D eigenvalue weighted by Crippen LogP contribution is 2.10. The predicted molar refractivity (Wildman–Crippen MR) is 56.6 cm³/mol. The van der Waals surface area contributed by atoms with Gasteiger partial charge in [0, 0.05) is 28.2 Å². The molecule has 0 spiro atoms. The summed E-state index contributed by atoms with van der Waals surface area (Å²) in [7, 11) is 7.08. The molecule has 0 heterocycles. The van der Waals surface area contributed by atoms with Gasteiger partial charge < -0.3 is 14.5 Å². The van der Waals surface area contributed by atoms with Gasteiger partial charge in [-0.05, 0) is 6.92 Å². The average molecular weight is 211 g/mol. The number of hydrogen-bond acceptors (Lipinski definition) is 5. The van der Waals surface area contributed by atoms with Gasteiger partial charge in [-0.25, -0.2) is 4.79 Å². The maximum absolute atomic E-state index is 11.5. The Morgan fingerprint density at radius 3 is 2.00 bits per heavy atom. The fourth-order valence-electron chi connectivity index (χ4n) is 1.24. The van der Waals surface area contributed by atoms with Gasteiger partial charge in [-0.2, -0.15) is 5.26 Å². The lowest BCUT2D eigenvalue weighted by molar-refractivity contribution is -0.138. The second-order valence-corrected chi connectivity index (χ2v) is 3.32. The molecule has 0 saturated carbocycles. The summed E-state index contributed by atoms with van der Waals surface area (Å²) >= 11 is 0. The third-order valence-electron chi connectivity index (χ3n) is 1.66. The Balaban J connectivity index is 5.26. The second kappa shape index (κ2) is 5.91. The maximum Gasteiger partial charge on any atom is 0.352 e. The summed E-state index contributed by atoms with van der Waals surface area (Å²) in [4.78, 5) is 14.9. The van der Waals surface area contributed by atoms with E-state index in [1.807, 2.05) is 6.07 Å². The van der Waals surface area contributed by atoms with Gasteiger partial charge in [0.05, 0.1) is 6.61 Å². The van der Waals surface area contributed by atoms with Crippen molar-refractivity contribution in [3.05, 3.63) is 11.4 Å². The third kappa shape index (κ3) is 3.50. The van der Waals surface area contributed by atoms with Crippen LogP contribution in [0.25, 0.3) is 0 Å². The molecule has 0 saturated heterocycles. The smallest absolute Gasteiger partial charge is 0.352 e. The van der Waals surface area contributed by atoms with E-state index in [1.165, 1.54) is 0 Å². The molecule has 0 fully saturated rings. The summed E-state index contributed by atoms with van der Waals surface area (Å²) in [5.41, 5.74) is 0.0202. The molecule has 0 aromatic rings. The monoisotopic (exact) mass is 211 g/mol. The van der Waals surface area contributed by atoms with Crippen LogP contribution >= 0.6 is 0 Å². The van der Waals surface area contributed by atoms with Crippen molar-refractivity contribution in [3.63, 3.8) is 0 Å². The minimum absolute atomic E-state index is 0.0202. The van der Waals surface area contributed by atoms with Gasteiger partial charge in [0.25, 0.3) is 0 Å². The third-order valence-corrected chi connectivity index (χ3v) is 1.66. The van der Waals surface area contributed by atoms with Crippen LogP contribution in [0.3, 0.4) is 0 Å². The Bertz CT molecular complexity index is 290. The molecule has 0 aromatic heterocycles. The summed E-state index contributed by atoms with van der Waals surface area (Å²) in [5.74, 6) is -0.0478. The first kappa shape index (κ1) is 13.3. The molecule has 0 aromatic carbocycles. The van der Waals surface area contributed by atoms with Crippen molar-refractivity contribution >= 4 is 5.97 Å². The van der Waals surface area contributed by atoms with Crippen molar-refractivity contribution in [3.8, 4) is 6.07 Å². The Morgan fingerprint density at radius 2 is 1.73 bits per heavy atom. The first-order valence-electron chi connectivity index (χ1n) is 4.61. The van der Waals surface area contributed by atoms with Crippen molar-refractivity contribution in [1.82, 2.24) is 9.80 Å². The Kier molecular flexibility index (Phi) is 5.24. The molecule has 0 aliphatic rings. The quantitative estimate of drug-likeness (QED) is 0.383. The molecule has 0 bridgehead atoms. The minimum atomic E-state index is -0.586. The standard InChI is InChI=1S/C10H17N3O2/c1-6-15-10(14)8(7-11)9(12(2)3)13(4)5/h6H2,1-5H3. The van der Waals surface area contributed by atoms with Crippen LogP contribution < -0.4 is 0 Å². The topological polar surface area (TPSA) is 56.6 Å². The van der Waals surface area contributed by atoms with E-state index in [-0.39, 0.29) is 12.2 Å². The molecule has 84 valence electrons. The highest BCUT2D eigenvalue weighted by molar-refractivity contribution is 5.93. The zero-order chi connectivity index (χ0) is 12.0. The van der Waals surface area contributed by atoms with Crippen LogP contribution in [0.5, 0.6) is 0 Å². The number of carbonyl (C=O) groups is 1. The summed E-state index contributed by atoms with van der Waals surface area (Å²) < 4.78 is 4.80. The zero-order valence-corrected chi connectivity index (χ0v) is 9.87. The highest BCUT2D eigenvalue weighted by Gasteiger charge is 2.19. The van der Waals surface area contributed by atoms with Crippen molar-refractivity contribution in [2.45, 2.75) is 6.92 Å². The number of nitrogens with zero attached hydrogens (tertiary/aromatic N) is 3. The van der Waals surface area contributed by atoms with E-state index >= 15 is 0 Å². The molecule has 0 aliphatic heterocycles. The fourth-order valence-corrected chi connectivity index (χ4v) is 1.24. The minimum Gasteiger partial charge on any atom is -0.462 e. The highest BCUT2D eigenvalue weighted by atomic mass is 16.5. The molecule has 0 amide bonds. The number of carbonyl (C=O) groups excluding carboxylic acids is 1. The second-order valence-electron chi connectivity index (χ2n) is 3.32. The fraction of sp³-hybridized carbons (Fsp3) is 0.600. The van der Waals surface area contributed by atoms with Crippen LogP contribution in [0.15, 0.2) is 11.4 Å². The molecular weight excluding hydrogens is 194 g/mol. The van der Waals surface area contributed by atoms with Gasteiger partial charge in [0.2, 0.25) is 0 Å². The number of esters is 1. The van der Waals surface area contributed by atoms with Crippen molar-refractivity contribution in [2.75, 3.05) is 34.8 Å². The number of ether oxygens (including phenoxy) is 1. The van der Waals surface area contributed by atoms with E-state index in [0.717, 1.165) is 0 Å². The van der Waals surface area contributed by atoms with Crippen LogP contribution in [0.4, 0.5) is 0 Å². The van der Waals surface area contributed by atoms with Gasteiger partial charge in [-0.3, -0.25) is 0 Å². The first-order valence-corrected chi connectivity index (χ1v) is 4.61. The van der Waals surface area contributed by atoms with E-state index in [1.54, 1.807) is 44.9 Å². The largest absolute Gasteiger partial charge is 0.462 e. The van der Waals surface area contributed by atoms with Gasteiger partial charge in [0.1, 0.15) is 11.9 Å². The molecule has 15 heavy (non-hydrogen) atoms. The molecule has 0 radical (unpaired) electrons. The Hall–Kier alpha value is -1.70. The molecular formula is C10H17N3O2. The molecule has 5 heteroatoms. The maximum atomic E-state index is 11.5. The first-order chi connectivity index (χ1) is 6.95. The summed E-state index contributed by atoms with van der Waals surface area (Å²) in [5, 5.41) is 8.93. The SMILES string of the molecule is CCOC(=O)C(C#N)=C(N(C)C)N(C)C. The molecule has 0 rings (SSSR count). The molecule has 0 unspecified atom stereocenters.